The number of carbonyl (C=O) groups excluding carboxylic acids is 1. The molecular formula is C20H23N3O. The van der Waals surface area contributed by atoms with Gasteiger partial charge in [-0.15, -0.1) is 0 Å². The molecule has 1 aliphatic heterocycles. The summed E-state index contributed by atoms with van der Waals surface area (Å²) in [4.78, 5) is 19.3. The van der Waals surface area contributed by atoms with Gasteiger partial charge in [-0.05, 0) is 24.5 Å². The molecule has 3 rings (SSSR count). The van der Waals surface area contributed by atoms with Gasteiger partial charge in [0.05, 0.1) is 12.4 Å². The van der Waals surface area contributed by atoms with E-state index in [0.717, 1.165) is 36.6 Å². The Labute approximate surface area is 143 Å². The van der Waals surface area contributed by atoms with Crippen LogP contribution >= 0.6 is 0 Å². The van der Waals surface area contributed by atoms with Gasteiger partial charge in [-0.2, -0.15) is 0 Å². The van der Waals surface area contributed by atoms with E-state index >= 15 is 0 Å². The lowest BCUT2D eigenvalue weighted by molar-refractivity contribution is -0.122. The Bertz CT molecular complexity index is 686. The van der Waals surface area contributed by atoms with Crippen molar-refractivity contribution in [1.82, 2.24) is 4.90 Å². The second-order valence-corrected chi connectivity index (χ2v) is 6.17. The highest BCUT2D eigenvalue weighted by atomic mass is 16.1. The van der Waals surface area contributed by atoms with Crippen LogP contribution in [0.4, 0.5) is 0 Å². The molecule has 1 heterocycles. The minimum Gasteiger partial charge on any atom is -0.369 e. The Kier molecular flexibility index (Phi) is 4.65. The standard InChI is InChI=1S/C20H23N3O/c1-16-22-13-15-23(16)14-12-20(19(21)24,17-8-4-2-5-9-17)18-10-6-3-7-11-18/h2-11H,12-15H2,1H3,(H2,21,24). The largest absolute Gasteiger partial charge is 0.369 e. The zero-order valence-electron chi connectivity index (χ0n) is 14.0. The minimum atomic E-state index is -0.828. The van der Waals surface area contributed by atoms with Crippen LogP contribution in [-0.2, 0) is 10.2 Å². The second kappa shape index (κ2) is 6.87. The van der Waals surface area contributed by atoms with E-state index in [0.29, 0.717) is 6.42 Å². The van der Waals surface area contributed by atoms with E-state index in [1.807, 2.05) is 67.6 Å². The fourth-order valence-electron chi connectivity index (χ4n) is 3.48. The van der Waals surface area contributed by atoms with Crippen molar-refractivity contribution >= 4 is 11.7 Å². The Morgan fingerprint density at radius 3 is 2.04 bits per heavy atom. The summed E-state index contributed by atoms with van der Waals surface area (Å²) in [5, 5.41) is 0. The molecule has 0 bridgehead atoms. The SMILES string of the molecule is CC1=NCCN1CCC(C(N)=O)(c1ccccc1)c1ccccc1. The predicted octanol–water partition coefficient (Wildman–Crippen LogP) is 2.58. The molecule has 0 atom stereocenters. The highest BCUT2D eigenvalue weighted by Crippen LogP contribution is 2.36. The summed E-state index contributed by atoms with van der Waals surface area (Å²) in [5.74, 6) is 0.725. The minimum absolute atomic E-state index is 0.311. The molecule has 0 aromatic heterocycles. The average Bonchev–Trinajstić information content (AvgIpc) is 3.02. The van der Waals surface area contributed by atoms with Crippen LogP contribution in [-0.4, -0.2) is 36.3 Å². The molecule has 2 aromatic carbocycles. The van der Waals surface area contributed by atoms with Crippen molar-refractivity contribution in [2.45, 2.75) is 18.8 Å². The number of aliphatic imine (C=N–C) groups is 1. The van der Waals surface area contributed by atoms with Gasteiger partial charge in [-0.25, -0.2) is 0 Å². The molecule has 1 aliphatic rings. The molecule has 2 aromatic rings. The summed E-state index contributed by atoms with van der Waals surface area (Å²) in [5.41, 5.74) is 7.02. The van der Waals surface area contributed by atoms with Gasteiger partial charge in [0.1, 0.15) is 5.41 Å². The van der Waals surface area contributed by atoms with Crippen molar-refractivity contribution in [1.29, 1.82) is 0 Å². The van der Waals surface area contributed by atoms with E-state index in [1.165, 1.54) is 0 Å². The number of hydrogen-bond donors (Lipinski definition) is 1. The molecule has 0 aliphatic carbocycles. The van der Waals surface area contributed by atoms with Gasteiger partial charge >= 0.3 is 0 Å². The average molecular weight is 321 g/mol. The smallest absolute Gasteiger partial charge is 0.232 e. The molecule has 0 radical (unpaired) electrons. The fourth-order valence-corrected chi connectivity index (χ4v) is 3.48. The number of benzene rings is 2. The van der Waals surface area contributed by atoms with Crippen molar-refractivity contribution in [3.05, 3.63) is 71.8 Å². The van der Waals surface area contributed by atoms with Crippen molar-refractivity contribution in [2.75, 3.05) is 19.6 Å². The quantitative estimate of drug-likeness (QED) is 0.889. The summed E-state index contributed by atoms with van der Waals surface area (Å²) in [7, 11) is 0. The zero-order chi connectivity index (χ0) is 17.0. The number of amidine groups is 1. The van der Waals surface area contributed by atoms with Gasteiger partial charge < -0.3 is 10.6 Å². The Morgan fingerprint density at radius 1 is 1.08 bits per heavy atom. The fraction of sp³-hybridized carbons (Fsp3) is 0.300. The van der Waals surface area contributed by atoms with Gasteiger partial charge in [0, 0.05) is 13.1 Å². The summed E-state index contributed by atoms with van der Waals surface area (Å²) in [6.45, 7) is 4.50. The normalized spacial score (nSPS) is 14.5. The molecule has 0 saturated carbocycles. The molecule has 4 nitrogen and oxygen atoms in total. The molecule has 24 heavy (non-hydrogen) atoms. The first-order valence-corrected chi connectivity index (χ1v) is 8.31. The van der Waals surface area contributed by atoms with Gasteiger partial charge in [-0.3, -0.25) is 9.79 Å². The maximum Gasteiger partial charge on any atom is 0.232 e. The van der Waals surface area contributed by atoms with Crippen LogP contribution in [0.3, 0.4) is 0 Å². The van der Waals surface area contributed by atoms with Gasteiger partial charge in [0.15, 0.2) is 0 Å². The zero-order valence-corrected chi connectivity index (χ0v) is 14.0. The van der Waals surface area contributed by atoms with Crippen LogP contribution in [0.1, 0.15) is 24.5 Å². The van der Waals surface area contributed by atoms with Crippen LogP contribution in [0.15, 0.2) is 65.7 Å². The van der Waals surface area contributed by atoms with E-state index in [4.69, 9.17) is 5.73 Å². The molecule has 4 heteroatoms. The molecule has 0 spiro atoms. The first-order valence-electron chi connectivity index (χ1n) is 8.31. The van der Waals surface area contributed by atoms with Crippen LogP contribution < -0.4 is 5.73 Å². The number of primary amides is 1. The monoisotopic (exact) mass is 321 g/mol. The van der Waals surface area contributed by atoms with E-state index < -0.39 is 5.41 Å². The summed E-state index contributed by atoms with van der Waals surface area (Å²) in [6, 6.07) is 19.7. The Morgan fingerprint density at radius 2 is 1.62 bits per heavy atom. The number of amides is 1. The van der Waals surface area contributed by atoms with Gasteiger partial charge in [0.25, 0.3) is 0 Å². The molecule has 0 fully saturated rings. The summed E-state index contributed by atoms with van der Waals surface area (Å²) in [6.07, 6.45) is 0.628. The van der Waals surface area contributed by atoms with Gasteiger partial charge in [-0.1, -0.05) is 60.7 Å². The Hall–Kier alpha value is -2.62. The first-order chi connectivity index (χ1) is 11.6. The summed E-state index contributed by atoms with van der Waals surface area (Å²) >= 11 is 0. The number of rotatable bonds is 6. The topological polar surface area (TPSA) is 58.7 Å². The van der Waals surface area contributed by atoms with Crippen LogP contribution in [0.5, 0.6) is 0 Å². The number of carbonyl (C=O) groups is 1. The molecule has 0 saturated heterocycles. The van der Waals surface area contributed by atoms with E-state index in [2.05, 4.69) is 9.89 Å². The number of nitrogens with two attached hydrogens (primary N) is 1. The van der Waals surface area contributed by atoms with Crippen LogP contribution in [0, 0.1) is 0 Å². The van der Waals surface area contributed by atoms with Gasteiger partial charge in [0.2, 0.25) is 5.91 Å². The lowest BCUT2D eigenvalue weighted by Crippen LogP contribution is -2.45. The van der Waals surface area contributed by atoms with E-state index in [9.17, 15) is 4.79 Å². The summed E-state index contributed by atoms with van der Waals surface area (Å²) < 4.78 is 0. The second-order valence-electron chi connectivity index (χ2n) is 6.17. The maximum absolute atomic E-state index is 12.7. The maximum atomic E-state index is 12.7. The number of hydrogen-bond acceptors (Lipinski definition) is 3. The molecule has 0 unspecified atom stereocenters. The van der Waals surface area contributed by atoms with E-state index in [-0.39, 0.29) is 5.91 Å². The van der Waals surface area contributed by atoms with Crippen molar-refractivity contribution in [3.63, 3.8) is 0 Å². The first kappa shape index (κ1) is 16.2. The van der Waals surface area contributed by atoms with Crippen LogP contribution in [0.25, 0.3) is 0 Å². The molecule has 1 amide bonds. The third-order valence-electron chi connectivity index (χ3n) is 4.88. The van der Waals surface area contributed by atoms with Crippen molar-refractivity contribution in [3.8, 4) is 0 Å². The van der Waals surface area contributed by atoms with Crippen molar-refractivity contribution in [2.24, 2.45) is 10.7 Å². The number of nitrogens with zero attached hydrogens (tertiary/aromatic N) is 2. The highest BCUT2D eigenvalue weighted by molar-refractivity contribution is 5.91. The molecule has 2 N–H and O–H groups in total. The third kappa shape index (κ3) is 2.92. The van der Waals surface area contributed by atoms with Crippen LogP contribution in [0.2, 0.25) is 0 Å². The predicted molar refractivity (Wildman–Crippen MR) is 97.0 cm³/mol. The highest BCUT2D eigenvalue weighted by Gasteiger charge is 2.40. The Balaban J connectivity index is 2.02. The lowest BCUT2D eigenvalue weighted by atomic mass is 9.71. The van der Waals surface area contributed by atoms with E-state index in [1.54, 1.807) is 0 Å². The molecule has 124 valence electrons. The molecular weight excluding hydrogens is 298 g/mol. The van der Waals surface area contributed by atoms with Crippen molar-refractivity contribution < 1.29 is 4.79 Å². The third-order valence-corrected chi connectivity index (χ3v) is 4.88. The lowest BCUT2D eigenvalue weighted by Gasteiger charge is -2.34.